The maximum atomic E-state index is 15.1. The maximum absolute atomic E-state index is 15.1. The molecule has 2 N–H and O–H groups in total. The van der Waals surface area contributed by atoms with E-state index in [2.05, 4.69) is 11.1 Å². The lowest BCUT2D eigenvalue weighted by atomic mass is 9.93. The summed E-state index contributed by atoms with van der Waals surface area (Å²) >= 11 is 0. The molecular formula is C20H23FN4O. The average molecular weight is 354 g/mol. The van der Waals surface area contributed by atoms with Gasteiger partial charge in [0.15, 0.2) is 6.19 Å². The molecular weight excluding hydrogens is 331 g/mol. The van der Waals surface area contributed by atoms with Crippen LogP contribution in [0.5, 0.6) is 0 Å². The number of amides is 1. The number of hydrogen-bond acceptors (Lipinski definition) is 4. The highest BCUT2D eigenvalue weighted by Gasteiger charge is 2.41. The fourth-order valence-electron chi connectivity index (χ4n) is 4.89. The summed E-state index contributed by atoms with van der Waals surface area (Å²) < 4.78 is 15.1. The molecule has 2 atom stereocenters. The molecule has 136 valence electrons. The lowest BCUT2D eigenvalue weighted by Gasteiger charge is -2.32. The van der Waals surface area contributed by atoms with Crippen LogP contribution >= 0.6 is 0 Å². The number of anilines is 1. The molecule has 4 rings (SSSR count). The highest BCUT2D eigenvalue weighted by molar-refractivity contribution is 5.99. The zero-order chi connectivity index (χ0) is 18.6. The number of rotatable bonds is 2. The number of nitrogens with zero attached hydrogens (tertiary/aromatic N) is 3. The van der Waals surface area contributed by atoms with Crippen LogP contribution < -0.4 is 10.6 Å². The number of allylic oxidation sites excluding steroid dienone is 2. The summed E-state index contributed by atoms with van der Waals surface area (Å²) in [6, 6.07) is 1.44. The second-order valence-electron chi connectivity index (χ2n) is 7.72. The molecule has 1 aromatic rings. The maximum Gasteiger partial charge on any atom is 0.249 e. The summed E-state index contributed by atoms with van der Waals surface area (Å²) in [6.45, 7) is 6.17. The first-order chi connectivity index (χ1) is 12.4. The molecule has 1 amide bonds. The second kappa shape index (κ2) is 6.01. The number of fused-ring (bicyclic) bond motifs is 2. The molecule has 2 saturated heterocycles. The number of halogens is 1. The van der Waals surface area contributed by atoms with Crippen molar-refractivity contribution in [3.63, 3.8) is 0 Å². The zero-order valence-corrected chi connectivity index (χ0v) is 15.2. The topological polar surface area (TPSA) is 73.4 Å². The fraction of sp³-hybridized carbons (Fsp3) is 0.500. The molecule has 26 heavy (non-hydrogen) atoms. The highest BCUT2D eigenvalue weighted by atomic mass is 19.1. The molecule has 0 saturated carbocycles. The van der Waals surface area contributed by atoms with Gasteiger partial charge in [-0.2, -0.15) is 5.26 Å². The quantitative estimate of drug-likeness (QED) is 0.829. The molecule has 2 unspecified atom stereocenters. The minimum absolute atomic E-state index is 0.145. The largest absolute Gasteiger partial charge is 0.366 e. The molecule has 0 spiro atoms. The van der Waals surface area contributed by atoms with Crippen LogP contribution in [-0.2, 0) is 6.42 Å². The van der Waals surface area contributed by atoms with Crippen LogP contribution in [0.3, 0.4) is 0 Å². The van der Waals surface area contributed by atoms with Gasteiger partial charge < -0.3 is 15.5 Å². The summed E-state index contributed by atoms with van der Waals surface area (Å²) in [5.74, 6) is -0.602. The third-order valence-corrected chi connectivity index (χ3v) is 6.31. The Kier molecular flexibility index (Phi) is 3.91. The Morgan fingerprint density at radius 2 is 2.15 bits per heavy atom. The number of nitrogens with two attached hydrogens (primary N) is 1. The van der Waals surface area contributed by atoms with Crippen molar-refractivity contribution >= 4 is 17.2 Å². The standard InChI is InChI=1S/C20H23FN4O/c1-11-6-14-15(20(23)26)7-16(21)19(18(14)12(11)2)25-8-13-4-3-5-24(10-22)17(13)9-25/h7,13,17H,3-6,8-9H2,1-2H3,(H2,23,26). The normalized spacial score (nSPS) is 24.5. The smallest absolute Gasteiger partial charge is 0.249 e. The van der Waals surface area contributed by atoms with E-state index in [1.165, 1.54) is 6.07 Å². The SMILES string of the molecule is CC1=C(C)c2c(c(C(N)=O)cc(F)c2N2CC3CCCN(C#N)C3C2)C1. The van der Waals surface area contributed by atoms with Crippen molar-refractivity contribution in [1.82, 2.24) is 4.90 Å². The van der Waals surface area contributed by atoms with Crippen molar-refractivity contribution in [1.29, 1.82) is 5.26 Å². The Morgan fingerprint density at radius 1 is 1.38 bits per heavy atom. The summed E-state index contributed by atoms with van der Waals surface area (Å²) in [7, 11) is 0. The van der Waals surface area contributed by atoms with Crippen molar-refractivity contribution in [2.24, 2.45) is 11.7 Å². The number of primary amides is 1. The highest BCUT2D eigenvalue weighted by Crippen LogP contribution is 2.44. The van der Waals surface area contributed by atoms with E-state index >= 15 is 4.39 Å². The van der Waals surface area contributed by atoms with Crippen LogP contribution in [0.25, 0.3) is 5.57 Å². The van der Waals surface area contributed by atoms with E-state index < -0.39 is 11.7 Å². The average Bonchev–Trinajstić information content (AvgIpc) is 3.16. The molecule has 2 aliphatic heterocycles. The predicted molar refractivity (Wildman–Crippen MR) is 97.9 cm³/mol. The van der Waals surface area contributed by atoms with E-state index in [4.69, 9.17) is 5.73 Å². The molecule has 0 radical (unpaired) electrons. The summed E-state index contributed by atoms with van der Waals surface area (Å²) in [6.07, 6.45) is 5.00. The fourth-order valence-corrected chi connectivity index (χ4v) is 4.89. The van der Waals surface area contributed by atoms with Crippen molar-refractivity contribution in [3.05, 3.63) is 34.1 Å². The lowest BCUT2D eigenvalue weighted by Crippen LogP contribution is -2.42. The second-order valence-corrected chi connectivity index (χ2v) is 7.72. The summed E-state index contributed by atoms with van der Waals surface area (Å²) in [5.41, 5.74) is 10.2. The van der Waals surface area contributed by atoms with Crippen molar-refractivity contribution in [3.8, 4) is 6.19 Å². The van der Waals surface area contributed by atoms with Gasteiger partial charge in [0.25, 0.3) is 0 Å². The number of hydrogen-bond donors (Lipinski definition) is 1. The lowest BCUT2D eigenvalue weighted by molar-refractivity contribution is 0.0999. The predicted octanol–water partition coefficient (Wildman–Crippen LogP) is 2.66. The van der Waals surface area contributed by atoms with Crippen molar-refractivity contribution in [2.75, 3.05) is 24.5 Å². The first-order valence-corrected chi connectivity index (χ1v) is 9.15. The number of nitriles is 1. The number of carbonyl (C=O) groups excluding carboxylic acids is 1. The molecule has 1 aliphatic carbocycles. The van der Waals surface area contributed by atoms with Crippen LogP contribution in [0.15, 0.2) is 11.6 Å². The van der Waals surface area contributed by atoms with Crippen LogP contribution in [0.2, 0.25) is 0 Å². The Bertz CT molecular complexity index is 870. The van der Waals surface area contributed by atoms with Crippen LogP contribution in [0.4, 0.5) is 10.1 Å². The van der Waals surface area contributed by atoms with Gasteiger partial charge in [-0.05, 0) is 56.2 Å². The van der Waals surface area contributed by atoms with E-state index in [9.17, 15) is 10.1 Å². The molecule has 2 fully saturated rings. The van der Waals surface area contributed by atoms with Gasteiger partial charge in [-0.1, -0.05) is 5.57 Å². The number of benzene rings is 1. The van der Waals surface area contributed by atoms with Gasteiger partial charge in [0.2, 0.25) is 5.91 Å². The van der Waals surface area contributed by atoms with Gasteiger partial charge >= 0.3 is 0 Å². The Labute approximate surface area is 152 Å². The van der Waals surface area contributed by atoms with Crippen LogP contribution in [0.1, 0.15) is 48.2 Å². The number of likely N-dealkylation sites (tertiary alicyclic amines) is 1. The van der Waals surface area contributed by atoms with E-state index in [1.54, 1.807) is 0 Å². The van der Waals surface area contributed by atoms with E-state index in [0.717, 1.165) is 48.2 Å². The molecule has 1 aromatic carbocycles. The molecule has 3 aliphatic rings. The summed E-state index contributed by atoms with van der Waals surface area (Å²) in [5, 5.41) is 9.40. The summed E-state index contributed by atoms with van der Waals surface area (Å²) in [4.78, 5) is 15.7. The Hall–Kier alpha value is -2.55. The van der Waals surface area contributed by atoms with Gasteiger partial charge in [0.1, 0.15) is 5.82 Å². The van der Waals surface area contributed by atoms with Gasteiger partial charge in [-0.25, -0.2) is 4.39 Å². The minimum Gasteiger partial charge on any atom is -0.366 e. The molecule has 5 nitrogen and oxygen atoms in total. The third-order valence-electron chi connectivity index (χ3n) is 6.31. The van der Waals surface area contributed by atoms with E-state index in [1.807, 2.05) is 18.7 Å². The monoisotopic (exact) mass is 354 g/mol. The molecule has 0 bridgehead atoms. The number of piperidine rings is 1. The van der Waals surface area contributed by atoms with E-state index in [0.29, 0.717) is 24.6 Å². The molecule has 6 heteroatoms. The first kappa shape index (κ1) is 16.9. The zero-order valence-electron chi connectivity index (χ0n) is 15.2. The Morgan fingerprint density at radius 3 is 2.85 bits per heavy atom. The van der Waals surface area contributed by atoms with Gasteiger partial charge in [0, 0.05) is 30.8 Å². The van der Waals surface area contributed by atoms with Crippen molar-refractivity contribution < 1.29 is 9.18 Å². The molecule has 2 heterocycles. The van der Waals surface area contributed by atoms with Crippen LogP contribution in [0, 0.1) is 23.2 Å². The van der Waals surface area contributed by atoms with Crippen LogP contribution in [-0.4, -0.2) is 36.5 Å². The Balaban J connectivity index is 1.80. The first-order valence-electron chi connectivity index (χ1n) is 9.15. The van der Waals surface area contributed by atoms with Gasteiger partial charge in [-0.15, -0.1) is 0 Å². The van der Waals surface area contributed by atoms with Gasteiger partial charge in [0.05, 0.1) is 11.7 Å². The number of carbonyl (C=O) groups is 1. The molecule has 0 aromatic heterocycles. The van der Waals surface area contributed by atoms with Crippen molar-refractivity contribution in [2.45, 2.75) is 39.2 Å². The third kappa shape index (κ3) is 2.38. The minimum atomic E-state index is -0.583. The van der Waals surface area contributed by atoms with E-state index in [-0.39, 0.29) is 11.6 Å². The van der Waals surface area contributed by atoms with Gasteiger partial charge in [-0.3, -0.25) is 4.79 Å².